The molecule has 5 nitrogen and oxygen atoms in total. The van der Waals surface area contributed by atoms with Crippen molar-refractivity contribution in [3.8, 4) is 0 Å². The van der Waals surface area contributed by atoms with Crippen LogP contribution < -0.4 is 5.32 Å². The predicted octanol–water partition coefficient (Wildman–Crippen LogP) is 4.51. The lowest BCUT2D eigenvalue weighted by Crippen LogP contribution is -2.70. The van der Waals surface area contributed by atoms with Crippen LogP contribution in [0, 0.1) is 0 Å². The Morgan fingerprint density at radius 1 is 0.933 bits per heavy atom. The molecule has 0 unspecified atom stereocenters. The summed E-state index contributed by atoms with van der Waals surface area (Å²) < 4.78 is 13.2. The molecular weight excluding hydrogens is 376 g/mol. The molecule has 5 rings (SSSR count). The number of rotatable bonds is 2. The van der Waals surface area contributed by atoms with E-state index in [1.165, 1.54) is 0 Å². The second kappa shape index (κ2) is 6.15. The third-order valence-corrected chi connectivity index (χ3v) is 6.63. The number of epoxide rings is 1. The zero-order valence-corrected chi connectivity index (χ0v) is 18.7. The first-order valence-corrected chi connectivity index (χ1v) is 10.8. The zero-order valence-electron chi connectivity index (χ0n) is 18.7. The second-order valence-electron chi connectivity index (χ2n) is 10.6. The molecule has 4 atom stereocenters. The second-order valence-corrected chi connectivity index (χ2v) is 10.6. The molecule has 3 aliphatic heterocycles. The molecule has 0 aromatic heterocycles. The number of benzene rings is 2. The first kappa shape index (κ1) is 20.2. The average Bonchev–Trinajstić information content (AvgIpc) is 3.24. The molecule has 2 aromatic rings. The van der Waals surface area contributed by atoms with E-state index in [-0.39, 0.29) is 17.1 Å². The van der Waals surface area contributed by atoms with Gasteiger partial charge in [-0.05, 0) is 52.7 Å². The van der Waals surface area contributed by atoms with Gasteiger partial charge >= 0.3 is 0 Å². The summed E-state index contributed by atoms with van der Waals surface area (Å²) in [6.07, 6.45) is 0. The molecule has 0 aliphatic carbocycles. The Balaban J connectivity index is 1.74. The highest BCUT2D eigenvalue weighted by atomic mass is 16.9. The lowest BCUT2D eigenvalue weighted by atomic mass is 9.74. The molecule has 0 radical (unpaired) electrons. The Kier molecular flexibility index (Phi) is 4.13. The van der Waals surface area contributed by atoms with Crippen molar-refractivity contribution in [3.63, 3.8) is 0 Å². The smallest absolute Gasteiger partial charge is 0.278 e. The number of hydrogen-bond acceptors (Lipinski definition) is 5. The summed E-state index contributed by atoms with van der Waals surface area (Å²) >= 11 is 0. The van der Waals surface area contributed by atoms with Gasteiger partial charge < -0.3 is 9.47 Å². The Morgan fingerprint density at radius 3 is 2.07 bits per heavy atom. The van der Waals surface area contributed by atoms with Crippen LogP contribution in [0.3, 0.4) is 0 Å². The predicted molar refractivity (Wildman–Crippen MR) is 115 cm³/mol. The van der Waals surface area contributed by atoms with Gasteiger partial charge in [0.05, 0.1) is 12.6 Å². The minimum atomic E-state index is -1.06. The zero-order chi connectivity index (χ0) is 21.4. The standard InChI is InChI=1S/C25H32N2O3/c1-21(2,3)27-20(18-13-9-7-10-14-18)24(19-15-11-8-12-16-19)23(6,29-24)25(30-27)26-22(4,5)17-28-25/h7-16,20,26H,17H2,1-6H3/t20-,23-,24-,25+/m0/s1. The third kappa shape index (κ3) is 2.60. The van der Waals surface area contributed by atoms with Crippen LogP contribution in [0.4, 0.5) is 0 Å². The van der Waals surface area contributed by atoms with Crippen LogP contribution in [-0.4, -0.2) is 34.3 Å². The minimum absolute atomic E-state index is 0.133. The van der Waals surface area contributed by atoms with Crippen molar-refractivity contribution < 1.29 is 14.3 Å². The van der Waals surface area contributed by atoms with Gasteiger partial charge in [-0.25, -0.2) is 4.84 Å². The van der Waals surface area contributed by atoms with Gasteiger partial charge in [-0.2, -0.15) is 5.06 Å². The van der Waals surface area contributed by atoms with E-state index in [1.807, 2.05) is 12.1 Å². The van der Waals surface area contributed by atoms with Crippen molar-refractivity contribution in [1.82, 2.24) is 10.4 Å². The Morgan fingerprint density at radius 2 is 1.53 bits per heavy atom. The van der Waals surface area contributed by atoms with Crippen molar-refractivity contribution in [1.29, 1.82) is 0 Å². The SMILES string of the molecule is CC1(C)CO[C@@]2(N1)ON(C(C)(C)C)[C@@H](c1ccccc1)[C@]1(c3ccccc3)O[C@]21C. The summed E-state index contributed by atoms with van der Waals surface area (Å²) in [5, 5.41) is 5.72. The van der Waals surface area contributed by atoms with Crippen molar-refractivity contribution in [2.75, 3.05) is 6.61 Å². The fourth-order valence-corrected chi connectivity index (χ4v) is 5.18. The van der Waals surface area contributed by atoms with E-state index in [0.717, 1.165) is 11.1 Å². The Labute approximate surface area is 179 Å². The maximum absolute atomic E-state index is 6.81. The summed E-state index contributed by atoms with van der Waals surface area (Å²) in [4.78, 5) is 6.78. The average molecular weight is 409 g/mol. The molecule has 5 heteroatoms. The van der Waals surface area contributed by atoms with Gasteiger partial charge in [0.2, 0.25) is 0 Å². The Bertz CT molecular complexity index is 942. The fourth-order valence-electron chi connectivity index (χ4n) is 5.18. The summed E-state index contributed by atoms with van der Waals surface area (Å²) in [6, 6.07) is 20.9. The normalized spacial score (nSPS) is 37.9. The number of fused-ring (bicyclic) bond motifs is 2. The first-order valence-electron chi connectivity index (χ1n) is 10.8. The highest BCUT2D eigenvalue weighted by Gasteiger charge is 2.87. The lowest BCUT2D eigenvalue weighted by molar-refractivity contribution is -0.411. The molecule has 3 aliphatic rings. The highest BCUT2D eigenvalue weighted by Crippen LogP contribution is 2.72. The minimum Gasteiger partial charge on any atom is -0.348 e. The molecule has 1 N–H and O–H groups in total. The van der Waals surface area contributed by atoms with E-state index in [9.17, 15) is 0 Å². The van der Waals surface area contributed by atoms with Crippen LogP contribution in [0.25, 0.3) is 0 Å². The van der Waals surface area contributed by atoms with E-state index in [2.05, 4.69) is 100 Å². The highest BCUT2D eigenvalue weighted by molar-refractivity contribution is 5.43. The van der Waals surface area contributed by atoms with E-state index in [0.29, 0.717) is 6.61 Å². The van der Waals surface area contributed by atoms with Crippen LogP contribution in [0.2, 0.25) is 0 Å². The van der Waals surface area contributed by atoms with E-state index < -0.39 is 17.1 Å². The molecule has 0 amide bonds. The summed E-state index contributed by atoms with van der Waals surface area (Å²) in [6.45, 7) is 13.4. The molecule has 1 spiro atoms. The monoisotopic (exact) mass is 408 g/mol. The summed E-state index contributed by atoms with van der Waals surface area (Å²) in [7, 11) is 0. The number of hydrogen-bond donors (Lipinski definition) is 1. The van der Waals surface area contributed by atoms with Crippen LogP contribution >= 0.6 is 0 Å². The van der Waals surface area contributed by atoms with Crippen LogP contribution in [0.1, 0.15) is 58.7 Å². The van der Waals surface area contributed by atoms with Crippen molar-refractivity contribution in [3.05, 3.63) is 71.8 Å². The van der Waals surface area contributed by atoms with Crippen LogP contribution in [0.5, 0.6) is 0 Å². The number of nitrogens with zero attached hydrogens (tertiary/aromatic N) is 1. The largest absolute Gasteiger partial charge is 0.348 e. The molecule has 3 saturated heterocycles. The Hall–Kier alpha value is -1.76. The van der Waals surface area contributed by atoms with Crippen LogP contribution in [0.15, 0.2) is 60.7 Å². The molecule has 2 aromatic carbocycles. The molecule has 0 bridgehead atoms. The molecular formula is C25H32N2O3. The molecule has 160 valence electrons. The van der Waals surface area contributed by atoms with Crippen molar-refractivity contribution in [2.24, 2.45) is 0 Å². The van der Waals surface area contributed by atoms with Crippen molar-refractivity contribution in [2.45, 2.75) is 75.8 Å². The van der Waals surface area contributed by atoms with E-state index in [1.54, 1.807) is 0 Å². The van der Waals surface area contributed by atoms with Gasteiger partial charge in [-0.1, -0.05) is 60.7 Å². The van der Waals surface area contributed by atoms with Gasteiger partial charge in [-0.3, -0.25) is 5.32 Å². The van der Waals surface area contributed by atoms with Gasteiger partial charge in [0.15, 0.2) is 11.2 Å². The maximum Gasteiger partial charge on any atom is 0.278 e. The molecule has 3 heterocycles. The first-order chi connectivity index (χ1) is 14.0. The van der Waals surface area contributed by atoms with Crippen LogP contribution in [-0.2, 0) is 19.9 Å². The number of nitrogens with one attached hydrogen (secondary N) is 1. The van der Waals surface area contributed by atoms with Gasteiger partial charge in [0.25, 0.3) is 5.91 Å². The lowest BCUT2D eigenvalue weighted by Gasteiger charge is -2.52. The summed E-state index contributed by atoms with van der Waals surface area (Å²) in [5.41, 5.74) is 0.466. The number of ether oxygens (including phenoxy) is 2. The molecule has 3 fully saturated rings. The topological polar surface area (TPSA) is 46.3 Å². The molecule has 0 saturated carbocycles. The quantitative estimate of drug-likeness (QED) is 0.741. The number of hydroxylamine groups is 2. The van der Waals surface area contributed by atoms with E-state index in [4.69, 9.17) is 14.3 Å². The van der Waals surface area contributed by atoms with Gasteiger partial charge in [-0.15, -0.1) is 0 Å². The third-order valence-electron chi connectivity index (χ3n) is 6.63. The van der Waals surface area contributed by atoms with E-state index >= 15 is 0 Å². The van der Waals surface area contributed by atoms with Gasteiger partial charge in [0, 0.05) is 11.1 Å². The van der Waals surface area contributed by atoms with Crippen molar-refractivity contribution >= 4 is 0 Å². The maximum atomic E-state index is 6.81. The van der Waals surface area contributed by atoms with Gasteiger partial charge in [0.1, 0.15) is 0 Å². The fraction of sp³-hybridized carbons (Fsp3) is 0.520. The molecule has 30 heavy (non-hydrogen) atoms. The summed E-state index contributed by atoms with van der Waals surface area (Å²) in [5.74, 6) is -1.06.